The van der Waals surface area contributed by atoms with Crippen LogP contribution >= 0.6 is 0 Å². The number of amides is 1. The lowest BCUT2D eigenvalue weighted by molar-refractivity contribution is -0.138. The van der Waals surface area contributed by atoms with Gasteiger partial charge in [0.25, 0.3) is 0 Å². The minimum Gasteiger partial charge on any atom is -0.481 e. The Kier molecular flexibility index (Phi) is 5.73. The number of hydrogen-bond acceptors (Lipinski definition) is 3. The normalized spacial score (nSPS) is 12.2. The van der Waals surface area contributed by atoms with E-state index < -0.39 is 5.97 Å². The predicted molar refractivity (Wildman–Crippen MR) is 75.4 cm³/mol. The molecule has 1 amide bonds. The molecule has 1 heterocycles. The number of aliphatic carboxylic acids is 1. The van der Waals surface area contributed by atoms with Gasteiger partial charge in [-0.2, -0.15) is 5.10 Å². The van der Waals surface area contributed by atoms with Crippen LogP contribution in [0.25, 0.3) is 0 Å². The maximum absolute atomic E-state index is 11.8. The van der Waals surface area contributed by atoms with Crippen molar-refractivity contribution in [3.63, 3.8) is 0 Å². The fourth-order valence-corrected chi connectivity index (χ4v) is 2.16. The average molecular weight is 281 g/mol. The van der Waals surface area contributed by atoms with E-state index in [-0.39, 0.29) is 18.2 Å². The van der Waals surface area contributed by atoms with Gasteiger partial charge in [0, 0.05) is 32.1 Å². The van der Waals surface area contributed by atoms with Crippen LogP contribution in [-0.4, -0.2) is 33.3 Å². The Balaban J connectivity index is 2.38. The van der Waals surface area contributed by atoms with Crippen molar-refractivity contribution in [3.8, 4) is 0 Å². The van der Waals surface area contributed by atoms with Gasteiger partial charge in [-0.1, -0.05) is 6.92 Å². The fraction of sp³-hybridized carbons (Fsp3) is 0.643. The molecule has 1 rings (SSSR count). The van der Waals surface area contributed by atoms with E-state index in [1.807, 2.05) is 32.5 Å². The Labute approximate surface area is 119 Å². The van der Waals surface area contributed by atoms with Crippen LogP contribution < -0.4 is 5.32 Å². The lowest BCUT2D eigenvalue weighted by Crippen LogP contribution is -2.29. The summed E-state index contributed by atoms with van der Waals surface area (Å²) in [6, 6.07) is 0. The van der Waals surface area contributed by atoms with Crippen LogP contribution in [0.1, 0.15) is 36.7 Å². The Morgan fingerprint density at radius 3 is 2.55 bits per heavy atom. The van der Waals surface area contributed by atoms with E-state index in [2.05, 4.69) is 10.4 Å². The molecule has 0 aliphatic carbocycles. The molecule has 0 fully saturated rings. The maximum atomic E-state index is 11.8. The van der Waals surface area contributed by atoms with Gasteiger partial charge in [-0.05, 0) is 31.7 Å². The Morgan fingerprint density at radius 1 is 1.40 bits per heavy atom. The molecule has 6 nitrogen and oxygen atoms in total. The van der Waals surface area contributed by atoms with Crippen molar-refractivity contribution < 1.29 is 14.7 Å². The Bertz CT molecular complexity index is 494. The number of aryl methyl sites for hydroxylation is 2. The van der Waals surface area contributed by atoms with Crippen LogP contribution in [-0.2, 0) is 23.1 Å². The van der Waals surface area contributed by atoms with E-state index in [4.69, 9.17) is 5.11 Å². The molecule has 0 aromatic carbocycles. The van der Waals surface area contributed by atoms with Crippen molar-refractivity contribution in [1.82, 2.24) is 15.1 Å². The predicted octanol–water partition coefficient (Wildman–Crippen LogP) is 1.20. The zero-order valence-corrected chi connectivity index (χ0v) is 12.6. The molecule has 0 aliphatic heterocycles. The quantitative estimate of drug-likeness (QED) is 0.786. The molecule has 0 aliphatic rings. The van der Waals surface area contributed by atoms with Gasteiger partial charge in [0.1, 0.15) is 0 Å². The number of nitrogens with one attached hydrogen (secondary N) is 1. The van der Waals surface area contributed by atoms with E-state index in [1.54, 1.807) is 0 Å². The molecule has 0 bridgehead atoms. The highest BCUT2D eigenvalue weighted by Gasteiger charge is 2.12. The molecule has 20 heavy (non-hydrogen) atoms. The van der Waals surface area contributed by atoms with Crippen LogP contribution in [0.15, 0.2) is 0 Å². The number of carboxylic acids is 1. The van der Waals surface area contributed by atoms with E-state index in [1.165, 1.54) is 0 Å². The van der Waals surface area contributed by atoms with E-state index in [0.29, 0.717) is 19.4 Å². The number of aromatic nitrogens is 2. The summed E-state index contributed by atoms with van der Waals surface area (Å²) in [5.41, 5.74) is 3.15. The third-order valence-electron chi connectivity index (χ3n) is 3.43. The standard InChI is InChI=1S/C14H23N3O3/c1-9(7-14(19)20)8-15-13(18)6-5-12-10(2)16-17(4)11(12)3/h9H,5-8H2,1-4H3,(H,15,18)(H,19,20). The van der Waals surface area contributed by atoms with E-state index >= 15 is 0 Å². The summed E-state index contributed by atoms with van der Waals surface area (Å²) < 4.78 is 1.82. The number of carboxylic acid groups (broad SMARTS) is 1. The lowest BCUT2D eigenvalue weighted by Gasteiger charge is -2.10. The maximum Gasteiger partial charge on any atom is 0.303 e. The van der Waals surface area contributed by atoms with Crippen molar-refractivity contribution >= 4 is 11.9 Å². The lowest BCUT2D eigenvalue weighted by atomic mass is 10.1. The van der Waals surface area contributed by atoms with Gasteiger partial charge in [0.05, 0.1) is 5.69 Å². The summed E-state index contributed by atoms with van der Waals surface area (Å²) in [4.78, 5) is 22.3. The second-order valence-electron chi connectivity index (χ2n) is 5.28. The summed E-state index contributed by atoms with van der Waals surface area (Å²) in [6.07, 6.45) is 1.12. The van der Waals surface area contributed by atoms with Gasteiger partial charge in [0.2, 0.25) is 5.91 Å². The van der Waals surface area contributed by atoms with Crippen LogP contribution in [0.4, 0.5) is 0 Å². The molecule has 1 aromatic heterocycles. The summed E-state index contributed by atoms with van der Waals surface area (Å²) in [6.45, 7) is 6.14. The van der Waals surface area contributed by atoms with Crippen molar-refractivity contribution in [2.24, 2.45) is 13.0 Å². The van der Waals surface area contributed by atoms with Gasteiger partial charge in [-0.25, -0.2) is 0 Å². The molecule has 1 aromatic rings. The molecule has 1 unspecified atom stereocenters. The first-order valence-electron chi connectivity index (χ1n) is 6.78. The highest BCUT2D eigenvalue weighted by molar-refractivity contribution is 5.76. The first-order chi connectivity index (χ1) is 9.31. The minimum atomic E-state index is -0.839. The summed E-state index contributed by atoms with van der Waals surface area (Å²) in [7, 11) is 1.89. The van der Waals surface area contributed by atoms with Gasteiger partial charge in [-0.15, -0.1) is 0 Å². The summed E-state index contributed by atoms with van der Waals surface area (Å²) in [5, 5.41) is 15.7. The average Bonchev–Trinajstić information content (AvgIpc) is 2.58. The van der Waals surface area contributed by atoms with Crippen LogP contribution in [0, 0.1) is 19.8 Å². The molecule has 6 heteroatoms. The van der Waals surface area contributed by atoms with Gasteiger partial charge in [0.15, 0.2) is 0 Å². The summed E-state index contributed by atoms with van der Waals surface area (Å²) >= 11 is 0. The number of rotatable bonds is 7. The third-order valence-corrected chi connectivity index (χ3v) is 3.43. The summed E-state index contributed by atoms with van der Waals surface area (Å²) in [5.74, 6) is -0.948. The molecule has 0 saturated carbocycles. The molecule has 1 atom stereocenters. The van der Waals surface area contributed by atoms with E-state index in [9.17, 15) is 9.59 Å². The van der Waals surface area contributed by atoms with Crippen molar-refractivity contribution in [2.75, 3.05) is 6.54 Å². The van der Waals surface area contributed by atoms with Crippen LogP contribution in [0.5, 0.6) is 0 Å². The topological polar surface area (TPSA) is 84.2 Å². The second kappa shape index (κ2) is 7.07. The van der Waals surface area contributed by atoms with Gasteiger partial charge >= 0.3 is 5.97 Å². The first-order valence-corrected chi connectivity index (χ1v) is 6.78. The highest BCUT2D eigenvalue weighted by Crippen LogP contribution is 2.13. The largest absolute Gasteiger partial charge is 0.481 e. The molecule has 0 radical (unpaired) electrons. The van der Waals surface area contributed by atoms with Crippen LogP contribution in [0.2, 0.25) is 0 Å². The van der Waals surface area contributed by atoms with Crippen LogP contribution in [0.3, 0.4) is 0 Å². The number of carbonyl (C=O) groups excluding carboxylic acids is 1. The van der Waals surface area contributed by atoms with Crippen molar-refractivity contribution in [2.45, 2.75) is 40.0 Å². The monoisotopic (exact) mass is 281 g/mol. The molecule has 112 valence electrons. The Hall–Kier alpha value is -1.85. The zero-order chi connectivity index (χ0) is 15.3. The number of carbonyl (C=O) groups is 2. The zero-order valence-electron chi connectivity index (χ0n) is 12.6. The number of hydrogen-bond donors (Lipinski definition) is 2. The van der Waals surface area contributed by atoms with Crippen molar-refractivity contribution in [3.05, 3.63) is 17.0 Å². The fourth-order valence-electron chi connectivity index (χ4n) is 2.16. The molecular formula is C14H23N3O3. The molecular weight excluding hydrogens is 258 g/mol. The first kappa shape index (κ1) is 16.2. The molecule has 0 spiro atoms. The highest BCUT2D eigenvalue weighted by atomic mass is 16.4. The second-order valence-corrected chi connectivity index (χ2v) is 5.28. The van der Waals surface area contributed by atoms with Crippen molar-refractivity contribution in [1.29, 1.82) is 0 Å². The van der Waals surface area contributed by atoms with Gasteiger partial charge < -0.3 is 10.4 Å². The SMILES string of the molecule is Cc1nn(C)c(C)c1CCC(=O)NCC(C)CC(=O)O. The molecule has 2 N–H and O–H groups in total. The smallest absolute Gasteiger partial charge is 0.303 e. The number of nitrogens with zero attached hydrogens (tertiary/aromatic N) is 2. The Morgan fingerprint density at radius 2 is 2.05 bits per heavy atom. The van der Waals surface area contributed by atoms with E-state index in [0.717, 1.165) is 17.0 Å². The molecule has 0 saturated heterocycles. The minimum absolute atomic E-state index is 0.0510. The van der Waals surface area contributed by atoms with Gasteiger partial charge in [-0.3, -0.25) is 14.3 Å². The third kappa shape index (κ3) is 4.68.